The van der Waals surface area contributed by atoms with Crippen LogP contribution in [-0.4, -0.2) is 26.3 Å². The van der Waals surface area contributed by atoms with Crippen LogP contribution < -0.4 is 4.74 Å². The van der Waals surface area contributed by atoms with Gasteiger partial charge in [0.15, 0.2) is 5.75 Å². The van der Waals surface area contributed by atoms with Crippen LogP contribution in [0, 0.1) is 11.3 Å². The van der Waals surface area contributed by atoms with Crippen LogP contribution in [0.15, 0.2) is 24.5 Å². The van der Waals surface area contributed by atoms with Crippen molar-refractivity contribution >= 4 is 0 Å². The molecule has 2 aromatic rings. The summed E-state index contributed by atoms with van der Waals surface area (Å²) in [7, 11) is 0. The van der Waals surface area contributed by atoms with E-state index in [0.29, 0.717) is 17.0 Å². The predicted molar refractivity (Wildman–Crippen MR) is 59.6 cm³/mol. The Balaban J connectivity index is 2.55. The largest absolute Gasteiger partial charge is 0.487 e. The fourth-order valence-corrected chi connectivity index (χ4v) is 1.42. The van der Waals surface area contributed by atoms with Crippen molar-refractivity contribution in [3.05, 3.63) is 30.1 Å². The lowest BCUT2D eigenvalue weighted by Crippen LogP contribution is -2.10. The van der Waals surface area contributed by atoms with E-state index < -0.39 is 0 Å². The van der Waals surface area contributed by atoms with Crippen molar-refractivity contribution in [1.29, 1.82) is 5.26 Å². The molecule has 0 amide bonds. The first-order valence-corrected chi connectivity index (χ1v) is 5.15. The van der Waals surface area contributed by atoms with Crippen molar-refractivity contribution in [3.63, 3.8) is 0 Å². The molecule has 0 saturated carbocycles. The molecule has 0 spiro atoms. The Labute approximate surface area is 98.4 Å². The Bertz CT molecular complexity index is 541. The van der Waals surface area contributed by atoms with Crippen molar-refractivity contribution in [2.45, 2.75) is 20.0 Å². The zero-order valence-electron chi connectivity index (χ0n) is 9.53. The molecular formula is C11H11N5O. The molecule has 0 fully saturated rings. The minimum absolute atomic E-state index is 0.0280. The van der Waals surface area contributed by atoms with Gasteiger partial charge in [-0.05, 0) is 36.4 Å². The highest BCUT2D eigenvalue weighted by Crippen LogP contribution is 2.27. The number of hydrogen-bond donors (Lipinski definition) is 0. The molecule has 86 valence electrons. The molecule has 1 heterocycles. The fourth-order valence-electron chi connectivity index (χ4n) is 1.42. The highest BCUT2D eigenvalue weighted by atomic mass is 16.5. The van der Waals surface area contributed by atoms with Gasteiger partial charge < -0.3 is 4.74 Å². The molecule has 0 aliphatic heterocycles. The number of aromatic nitrogens is 4. The Kier molecular flexibility index (Phi) is 3.01. The summed E-state index contributed by atoms with van der Waals surface area (Å²) in [5.41, 5.74) is 1.12. The average molecular weight is 229 g/mol. The third-order valence-corrected chi connectivity index (χ3v) is 2.06. The Morgan fingerprint density at radius 1 is 1.41 bits per heavy atom. The summed E-state index contributed by atoms with van der Waals surface area (Å²) in [6.45, 7) is 3.80. The molecule has 0 aliphatic rings. The van der Waals surface area contributed by atoms with E-state index in [1.165, 1.54) is 11.0 Å². The van der Waals surface area contributed by atoms with Crippen LogP contribution in [0.1, 0.15) is 19.4 Å². The van der Waals surface area contributed by atoms with Crippen LogP contribution in [0.3, 0.4) is 0 Å². The lowest BCUT2D eigenvalue weighted by molar-refractivity contribution is 0.240. The van der Waals surface area contributed by atoms with Gasteiger partial charge in [0, 0.05) is 0 Å². The maximum absolute atomic E-state index is 9.06. The first-order chi connectivity index (χ1) is 8.22. The molecule has 0 atom stereocenters. The lowest BCUT2D eigenvalue weighted by Gasteiger charge is -2.14. The summed E-state index contributed by atoms with van der Waals surface area (Å²) in [5.74, 6) is 0.498. The summed E-state index contributed by atoms with van der Waals surface area (Å²) in [6.07, 6.45) is 1.43. The quantitative estimate of drug-likeness (QED) is 0.793. The van der Waals surface area contributed by atoms with Gasteiger partial charge in [0.1, 0.15) is 18.1 Å². The second-order valence-corrected chi connectivity index (χ2v) is 3.69. The zero-order chi connectivity index (χ0) is 12.3. The van der Waals surface area contributed by atoms with Gasteiger partial charge in [-0.2, -0.15) is 9.94 Å². The molecule has 6 nitrogen and oxygen atoms in total. The second-order valence-electron chi connectivity index (χ2n) is 3.69. The van der Waals surface area contributed by atoms with E-state index in [2.05, 4.69) is 21.6 Å². The summed E-state index contributed by atoms with van der Waals surface area (Å²) < 4.78 is 7.12. The molecule has 0 saturated heterocycles. The molecule has 0 radical (unpaired) electrons. The summed E-state index contributed by atoms with van der Waals surface area (Å²) in [5, 5.41) is 20.0. The molecule has 6 heteroatoms. The van der Waals surface area contributed by atoms with Crippen LogP contribution in [0.2, 0.25) is 0 Å². The summed E-state index contributed by atoms with van der Waals surface area (Å²) in [6, 6.07) is 7.36. The molecule has 0 bridgehead atoms. The van der Waals surface area contributed by atoms with E-state index in [9.17, 15) is 0 Å². The molecule has 0 unspecified atom stereocenters. The Morgan fingerprint density at radius 3 is 2.82 bits per heavy atom. The molecular weight excluding hydrogens is 218 g/mol. The number of benzene rings is 1. The summed E-state index contributed by atoms with van der Waals surface area (Å²) >= 11 is 0. The number of para-hydroxylation sites is 1. The zero-order valence-corrected chi connectivity index (χ0v) is 9.53. The molecule has 17 heavy (non-hydrogen) atoms. The first kappa shape index (κ1) is 11.1. The maximum Gasteiger partial charge on any atom is 0.163 e. The molecule has 2 rings (SSSR count). The van der Waals surface area contributed by atoms with Crippen molar-refractivity contribution < 1.29 is 4.74 Å². The third kappa shape index (κ3) is 2.23. The minimum Gasteiger partial charge on any atom is -0.487 e. The second kappa shape index (κ2) is 4.61. The van der Waals surface area contributed by atoms with E-state index in [4.69, 9.17) is 10.00 Å². The molecule has 0 N–H and O–H groups in total. The average Bonchev–Trinajstić information content (AvgIpc) is 2.82. The van der Waals surface area contributed by atoms with Crippen LogP contribution in [0.4, 0.5) is 0 Å². The van der Waals surface area contributed by atoms with Gasteiger partial charge in [-0.3, -0.25) is 0 Å². The third-order valence-electron chi connectivity index (χ3n) is 2.06. The van der Waals surface area contributed by atoms with E-state index >= 15 is 0 Å². The lowest BCUT2D eigenvalue weighted by atomic mass is 10.2. The number of ether oxygens (including phenoxy) is 1. The van der Waals surface area contributed by atoms with Crippen molar-refractivity contribution in [3.8, 4) is 17.5 Å². The van der Waals surface area contributed by atoms with E-state index in [0.717, 1.165) is 0 Å². The van der Waals surface area contributed by atoms with E-state index in [1.807, 2.05) is 13.8 Å². The van der Waals surface area contributed by atoms with Crippen LogP contribution in [0.5, 0.6) is 5.75 Å². The highest BCUT2D eigenvalue weighted by Gasteiger charge is 2.13. The summed E-state index contributed by atoms with van der Waals surface area (Å²) in [4.78, 5) is 0. The van der Waals surface area contributed by atoms with Crippen molar-refractivity contribution in [1.82, 2.24) is 20.2 Å². The van der Waals surface area contributed by atoms with Crippen LogP contribution in [-0.2, 0) is 0 Å². The van der Waals surface area contributed by atoms with Gasteiger partial charge in [0.05, 0.1) is 11.7 Å². The fraction of sp³-hybridized carbons (Fsp3) is 0.273. The van der Waals surface area contributed by atoms with Gasteiger partial charge in [-0.1, -0.05) is 6.07 Å². The van der Waals surface area contributed by atoms with Crippen molar-refractivity contribution in [2.75, 3.05) is 0 Å². The standard InChI is InChI=1S/C11H11N5O/c1-8(2)17-11-9(6-12)4-3-5-10(11)16-7-13-14-15-16/h3-5,7-8H,1-2H3. The van der Waals surface area contributed by atoms with E-state index in [1.54, 1.807) is 18.2 Å². The van der Waals surface area contributed by atoms with E-state index in [-0.39, 0.29) is 6.10 Å². The monoisotopic (exact) mass is 229 g/mol. The number of nitriles is 1. The molecule has 1 aromatic heterocycles. The number of tetrazole rings is 1. The first-order valence-electron chi connectivity index (χ1n) is 5.15. The van der Waals surface area contributed by atoms with Crippen LogP contribution >= 0.6 is 0 Å². The predicted octanol–water partition coefficient (Wildman–Crippen LogP) is 1.32. The van der Waals surface area contributed by atoms with Crippen molar-refractivity contribution in [2.24, 2.45) is 0 Å². The molecule has 1 aromatic carbocycles. The van der Waals surface area contributed by atoms with Gasteiger partial charge >= 0.3 is 0 Å². The van der Waals surface area contributed by atoms with Gasteiger partial charge in [0.2, 0.25) is 0 Å². The number of hydrogen-bond acceptors (Lipinski definition) is 5. The SMILES string of the molecule is CC(C)Oc1c(C#N)cccc1-n1cnnn1. The van der Waals surface area contributed by atoms with Gasteiger partial charge in [-0.25, -0.2) is 0 Å². The normalized spacial score (nSPS) is 10.2. The van der Waals surface area contributed by atoms with Gasteiger partial charge in [0.25, 0.3) is 0 Å². The topological polar surface area (TPSA) is 76.6 Å². The van der Waals surface area contributed by atoms with Gasteiger partial charge in [-0.15, -0.1) is 5.10 Å². The Hall–Kier alpha value is -2.42. The maximum atomic E-state index is 9.06. The number of nitrogens with zero attached hydrogens (tertiary/aromatic N) is 5. The number of rotatable bonds is 3. The minimum atomic E-state index is -0.0280. The Morgan fingerprint density at radius 2 is 2.24 bits per heavy atom. The highest BCUT2D eigenvalue weighted by molar-refractivity contribution is 5.56. The molecule has 0 aliphatic carbocycles. The smallest absolute Gasteiger partial charge is 0.163 e. The van der Waals surface area contributed by atoms with Crippen LogP contribution in [0.25, 0.3) is 5.69 Å².